The topological polar surface area (TPSA) is 58.5 Å². The molecule has 2 rings (SSSR count). The molecule has 26 heavy (non-hydrogen) atoms. The van der Waals surface area contributed by atoms with E-state index in [-0.39, 0.29) is 12.4 Å². The van der Waals surface area contributed by atoms with Crippen LogP contribution >= 0.6 is 11.3 Å². The van der Waals surface area contributed by atoms with E-state index < -0.39 is 12.8 Å². The first-order valence-corrected chi connectivity index (χ1v) is 9.04. The van der Waals surface area contributed by atoms with Crippen molar-refractivity contribution < 1.29 is 17.9 Å². The van der Waals surface area contributed by atoms with Gasteiger partial charge in [-0.25, -0.2) is 9.98 Å². The molecular weight excluding hydrogens is 365 g/mol. The van der Waals surface area contributed by atoms with Crippen LogP contribution in [-0.2, 0) is 13.0 Å². The number of hydrogen-bond donors (Lipinski definition) is 2. The molecule has 0 aromatic carbocycles. The third kappa shape index (κ3) is 7.30. The predicted molar refractivity (Wildman–Crippen MR) is 96.6 cm³/mol. The molecule has 2 aromatic heterocycles. The van der Waals surface area contributed by atoms with Crippen molar-refractivity contribution in [2.45, 2.75) is 26.1 Å². The van der Waals surface area contributed by atoms with Crippen LogP contribution in [0.15, 0.2) is 40.8 Å². The highest BCUT2D eigenvalue weighted by molar-refractivity contribution is 7.09. The van der Waals surface area contributed by atoms with E-state index in [4.69, 9.17) is 4.74 Å². The van der Waals surface area contributed by atoms with Gasteiger partial charge in [-0.3, -0.25) is 0 Å². The average molecular weight is 386 g/mol. The molecule has 9 heteroatoms. The maximum Gasteiger partial charge on any atom is 0.422 e. The van der Waals surface area contributed by atoms with Gasteiger partial charge >= 0.3 is 6.18 Å². The molecule has 2 heterocycles. The largest absolute Gasteiger partial charge is 0.468 e. The smallest absolute Gasteiger partial charge is 0.422 e. The molecule has 0 aliphatic rings. The van der Waals surface area contributed by atoms with Crippen LogP contribution in [-0.4, -0.2) is 36.8 Å². The summed E-state index contributed by atoms with van der Waals surface area (Å²) in [6, 6.07) is 7.36. The Morgan fingerprint density at radius 2 is 2.12 bits per heavy atom. The Morgan fingerprint density at radius 3 is 2.81 bits per heavy atom. The van der Waals surface area contributed by atoms with Crippen LogP contribution in [0.4, 0.5) is 13.2 Å². The van der Waals surface area contributed by atoms with E-state index in [2.05, 4.69) is 26.7 Å². The van der Waals surface area contributed by atoms with Gasteiger partial charge in [0.25, 0.3) is 0 Å². The molecule has 0 radical (unpaired) electrons. The molecular formula is C17H21F3N4OS. The van der Waals surface area contributed by atoms with Gasteiger partial charge in [0, 0.05) is 29.7 Å². The fraction of sp³-hybridized carbons (Fsp3) is 0.412. The van der Waals surface area contributed by atoms with Gasteiger partial charge in [0.2, 0.25) is 5.88 Å². The molecule has 142 valence electrons. The second-order valence-corrected chi connectivity index (χ2v) is 6.36. The highest BCUT2D eigenvalue weighted by atomic mass is 32.1. The second kappa shape index (κ2) is 10.0. The van der Waals surface area contributed by atoms with Gasteiger partial charge in [0.15, 0.2) is 12.6 Å². The molecule has 2 N–H and O–H groups in total. The van der Waals surface area contributed by atoms with Crippen molar-refractivity contribution in [3.63, 3.8) is 0 Å². The first-order chi connectivity index (χ1) is 12.5. The summed E-state index contributed by atoms with van der Waals surface area (Å²) >= 11 is 1.69. The minimum absolute atomic E-state index is 0.0528. The van der Waals surface area contributed by atoms with Gasteiger partial charge in [-0.1, -0.05) is 12.1 Å². The fourth-order valence-corrected chi connectivity index (χ4v) is 2.80. The van der Waals surface area contributed by atoms with Gasteiger partial charge < -0.3 is 15.4 Å². The minimum Gasteiger partial charge on any atom is -0.468 e. The SMILES string of the molecule is CCNC(=NCc1cccnc1OCC(F)(F)F)NCCc1cccs1. The number of pyridine rings is 1. The number of thiophene rings is 1. The zero-order chi connectivity index (χ0) is 18.8. The Morgan fingerprint density at radius 1 is 1.27 bits per heavy atom. The normalized spacial score (nSPS) is 12.1. The molecule has 0 spiro atoms. The molecule has 5 nitrogen and oxygen atoms in total. The van der Waals surface area contributed by atoms with E-state index in [1.807, 2.05) is 18.4 Å². The molecule has 0 bridgehead atoms. The van der Waals surface area contributed by atoms with Gasteiger partial charge in [-0.15, -0.1) is 11.3 Å². The molecule has 0 fully saturated rings. The van der Waals surface area contributed by atoms with Crippen LogP contribution in [0.2, 0.25) is 0 Å². The Hall–Kier alpha value is -2.29. The molecule has 0 unspecified atom stereocenters. The number of alkyl halides is 3. The highest BCUT2D eigenvalue weighted by Crippen LogP contribution is 2.20. The summed E-state index contributed by atoms with van der Waals surface area (Å²) in [5, 5.41) is 8.35. The van der Waals surface area contributed by atoms with Crippen LogP contribution in [0.3, 0.4) is 0 Å². The number of aliphatic imine (C=N–C) groups is 1. The number of nitrogens with one attached hydrogen (secondary N) is 2. The second-order valence-electron chi connectivity index (χ2n) is 5.32. The first kappa shape index (κ1) is 20.0. The van der Waals surface area contributed by atoms with Crippen molar-refractivity contribution in [3.05, 3.63) is 46.3 Å². The predicted octanol–water partition coefficient (Wildman–Crippen LogP) is 3.38. The van der Waals surface area contributed by atoms with E-state index >= 15 is 0 Å². The van der Waals surface area contributed by atoms with Crippen molar-refractivity contribution in [3.8, 4) is 5.88 Å². The van der Waals surface area contributed by atoms with Crippen LogP contribution in [0.5, 0.6) is 5.88 Å². The van der Waals surface area contributed by atoms with Gasteiger partial charge in [-0.05, 0) is 30.9 Å². The summed E-state index contributed by atoms with van der Waals surface area (Å²) in [6.45, 7) is 2.11. The van der Waals surface area contributed by atoms with E-state index in [9.17, 15) is 13.2 Å². The number of ether oxygens (including phenoxy) is 1. The van der Waals surface area contributed by atoms with Gasteiger partial charge in [-0.2, -0.15) is 13.2 Å². The average Bonchev–Trinajstić information content (AvgIpc) is 3.11. The molecule has 2 aromatic rings. The molecule has 0 amide bonds. The lowest BCUT2D eigenvalue weighted by atomic mass is 10.3. The van der Waals surface area contributed by atoms with Crippen LogP contribution in [0.25, 0.3) is 0 Å². The number of hydrogen-bond acceptors (Lipinski definition) is 4. The van der Waals surface area contributed by atoms with Crippen molar-refractivity contribution >= 4 is 17.3 Å². The van der Waals surface area contributed by atoms with E-state index in [1.54, 1.807) is 23.5 Å². The van der Waals surface area contributed by atoms with Crippen molar-refractivity contribution in [2.75, 3.05) is 19.7 Å². The third-order valence-electron chi connectivity index (χ3n) is 3.22. The Labute approximate surface area is 154 Å². The minimum atomic E-state index is -4.41. The Bertz CT molecular complexity index is 690. The summed E-state index contributed by atoms with van der Waals surface area (Å²) in [7, 11) is 0. The molecule has 0 atom stereocenters. The zero-order valence-corrected chi connectivity index (χ0v) is 15.2. The quantitative estimate of drug-likeness (QED) is 0.539. The van der Waals surface area contributed by atoms with E-state index in [0.717, 1.165) is 6.42 Å². The fourth-order valence-electron chi connectivity index (χ4n) is 2.09. The van der Waals surface area contributed by atoms with Crippen molar-refractivity contribution in [1.82, 2.24) is 15.6 Å². The Kier molecular flexibility index (Phi) is 7.71. The molecule has 0 aliphatic heterocycles. The maximum absolute atomic E-state index is 12.3. The number of aromatic nitrogens is 1. The number of halogens is 3. The zero-order valence-electron chi connectivity index (χ0n) is 14.3. The van der Waals surface area contributed by atoms with Gasteiger partial charge in [0.05, 0.1) is 6.54 Å². The standard InChI is InChI=1S/C17H21F3N4OS/c1-2-21-16(23-9-7-14-6-4-10-26-14)24-11-13-5-3-8-22-15(13)25-12-17(18,19)20/h3-6,8,10H,2,7,9,11-12H2,1H3,(H2,21,23,24). The number of nitrogens with zero attached hydrogens (tertiary/aromatic N) is 2. The monoisotopic (exact) mass is 386 g/mol. The van der Waals surface area contributed by atoms with Crippen LogP contribution < -0.4 is 15.4 Å². The third-order valence-corrected chi connectivity index (χ3v) is 4.15. The first-order valence-electron chi connectivity index (χ1n) is 8.16. The number of rotatable bonds is 8. The molecule has 0 saturated carbocycles. The summed E-state index contributed by atoms with van der Waals surface area (Å²) < 4.78 is 41.8. The van der Waals surface area contributed by atoms with E-state index in [1.165, 1.54) is 11.1 Å². The lowest BCUT2D eigenvalue weighted by Crippen LogP contribution is -2.38. The molecule has 0 saturated heterocycles. The summed E-state index contributed by atoms with van der Waals surface area (Å²) in [4.78, 5) is 9.54. The summed E-state index contributed by atoms with van der Waals surface area (Å²) in [5.74, 6) is 0.540. The summed E-state index contributed by atoms with van der Waals surface area (Å²) in [5.41, 5.74) is 0.493. The maximum atomic E-state index is 12.3. The lowest BCUT2D eigenvalue weighted by Gasteiger charge is -2.13. The van der Waals surface area contributed by atoms with Gasteiger partial charge in [0.1, 0.15) is 0 Å². The van der Waals surface area contributed by atoms with E-state index in [0.29, 0.717) is 24.6 Å². The van der Waals surface area contributed by atoms with Crippen LogP contribution in [0, 0.1) is 0 Å². The van der Waals surface area contributed by atoms with Crippen molar-refractivity contribution in [2.24, 2.45) is 4.99 Å². The highest BCUT2D eigenvalue weighted by Gasteiger charge is 2.29. The van der Waals surface area contributed by atoms with Crippen LogP contribution in [0.1, 0.15) is 17.4 Å². The lowest BCUT2D eigenvalue weighted by molar-refractivity contribution is -0.154. The number of guanidine groups is 1. The summed E-state index contributed by atoms with van der Waals surface area (Å²) in [6.07, 6.45) is -2.14. The van der Waals surface area contributed by atoms with Crippen molar-refractivity contribution in [1.29, 1.82) is 0 Å². The Balaban J connectivity index is 1.95. The molecule has 0 aliphatic carbocycles.